The number of aryl methyl sites for hydroxylation is 1. The van der Waals surface area contributed by atoms with Crippen LogP contribution in [0.25, 0.3) is 22.8 Å². The first kappa shape index (κ1) is 13.4. The van der Waals surface area contributed by atoms with Crippen molar-refractivity contribution >= 4 is 12.2 Å². The monoisotopic (exact) mass is 300 g/mol. The lowest BCUT2D eigenvalue weighted by atomic mass is 10.2. The Balaban J connectivity index is 2.11. The second-order valence-electron chi connectivity index (χ2n) is 4.33. The van der Waals surface area contributed by atoms with Gasteiger partial charge in [0.2, 0.25) is 5.88 Å². The van der Waals surface area contributed by atoms with Crippen LogP contribution >= 0.6 is 12.2 Å². The van der Waals surface area contributed by atoms with Crippen LogP contribution in [0.3, 0.4) is 0 Å². The Morgan fingerprint density at radius 3 is 2.86 bits per heavy atom. The van der Waals surface area contributed by atoms with Crippen LogP contribution in [0.1, 0.15) is 0 Å². The molecule has 106 valence electrons. The van der Waals surface area contributed by atoms with Crippen LogP contribution in [0.4, 0.5) is 0 Å². The first-order chi connectivity index (χ1) is 10.2. The van der Waals surface area contributed by atoms with Crippen LogP contribution in [0.2, 0.25) is 0 Å². The summed E-state index contributed by atoms with van der Waals surface area (Å²) in [5, 5.41) is 4.15. The van der Waals surface area contributed by atoms with Crippen molar-refractivity contribution < 1.29 is 4.74 Å². The molecular formula is C13H12N6OS. The number of ether oxygens (including phenoxy) is 1. The molecule has 0 amide bonds. The molecule has 0 atom stereocenters. The molecule has 3 aromatic rings. The van der Waals surface area contributed by atoms with Gasteiger partial charge in [-0.25, -0.2) is 15.0 Å². The quantitative estimate of drug-likeness (QED) is 0.745. The summed E-state index contributed by atoms with van der Waals surface area (Å²) in [6.45, 7) is 0. The molecule has 1 N–H and O–H groups in total. The van der Waals surface area contributed by atoms with Gasteiger partial charge < -0.3 is 9.72 Å². The van der Waals surface area contributed by atoms with E-state index in [1.54, 1.807) is 30.1 Å². The highest BCUT2D eigenvalue weighted by molar-refractivity contribution is 7.71. The zero-order chi connectivity index (χ0) is 14.8. The molecule has 0 spiro atoms. The Hall–Kier alpha value is -2.61. The van der Waals surface area contributed by atoms with Gasteiger partial charge in [-0.05, 0) is 6.07 Å². The molecule has 0 fully saturated rings. The lowest BCUT2D eigenvalue weighted by Gasteiger charge is -2.05. The van der Waals surface area contributed by atoms with Gasteiger partial charge in [0.25, 0.3) is 0 Å². The van der Waals surface area contributed by atoms with Crippen molar-refractivity contribution in [2.24, 2.45) is 7.05 Å². The number of nitrogens with one attached hydrogen (secondary N) is 1. The summed E-state index contributed by atoms with van der Waals surface area (Å²) in [4.78, 5) is 15.7. The average molecular weight is 300 g/mol. The van der Waals surface area contributed by atoms with Crippen LogP contribution in [-0.2, 0) is 7.05 Å². The van der Waals surface area contributed by atoms with Gasteiger partial charge >= 0.3 is 0 Å². The number of hydrogen-bond acceptors (Lipinski definition) is 6. The Labute approximate surface area is 125 Å². The highest BCUT2D eigenvalue weighted by atomic mass is 32.1. The fourth-order valence-electron chi connectivity index (χ4n) is 1.88. The molecule has 8 heteroatoms. The maximum atomic E-state index is 5.22. The summed E-state index contributed by atoms with van der Waals surface area (Å²) in [5.74, 6) is 1.02. The maximum absolute atomic E-state index is 5.22. The van der Waals surface area contributed by atoms with Crippen LogP contribution < -0.4 is 4.74 Å². The second kappa shape index (κ2) is 5.41. The molecule has 0 unspecified atom stereocenters. The highest BCUT2D eigenvalue weighted by Crippen LogP contribution is 2.21. The topological polar surface area (TPSA) is 81.5 Å². The fourth-order valence-corrected chi connectivity index (χ4v) is 2.08. The number of aromatic amines is 1. The molecule has 0 aliphatic heterocycles. The summed E-state index contributed by atoms with van der Waals surface area (Å²) in [5.41, 5.74) is 2.36. The molecule has 21 heavy (non-hydrogen) atoms. The lowest BCUT2D eigenvalue weighted by Crippen LogP contribution is -1.96. The van der Waals surface area contributed by atoms with E-state index in [9.17, 15) is 0 Å². The van der Waals surface area contributed by atoms with Crippen molar-refractivity contribution in [1.82, 2.24) is 29.7 Å². The first-order valence-electron chi connectivity index (χ1n) is 6.12. The van der Waals surface area contributed by atoms with E-state index in [4.69, 9.17) is 17.0 Å². The maximum Gasteiger partial charge on any atom is 0.216 e. The number of H-pyrrole nitrogens is 1. The minimum atomic E-state index is 0.466. The van der Waals surface area contributed by atoms with Crippen molar-refractivity contribution in [1.29, 1.82) is 0 Å². The van der Waals surface area contributed by atoms with Crippen LogP contribution in [0.15, 0.2) is 30.9 Å². The lowest BCUT2D eigenvalue weighted by molar-refractivity contribution is 0.397. The standard InChI is InChI=1S/C13H12N6OS/c1-19-6-8(5-16-19)9-4-12(21)18-13(17-9)10-3-11(20-2)15-7-14-10/h3-7H,1-2H3,(H,17,18,21). The Morgan fingerprint density at radius 1 is 1.29 bits per heavy atom. The highest BCUT2D eigenvalue weighted by Gasteiger charge is 2.08. The van der Waals surface area contributed by atoms with Gasteiger partial charge in [-0.1, -0.05) is 12.2 Å². The fraction of sp³-hybridized carbons (Fsp3) is 0.154. The summed E-state index contributed by atoms with van der Waals surface area (Å²) >= 11 is 5.22. The van der Waals surface area contributed by atoms with E-state index in [0.717, 1.165) is 11.3 Å². The number of hydrogen-bond donors (Lipinski definition) is 1. The van der Waals surface area contributed by atoms with Gasteiger partial charge in [0.1, 0.15) is 16.7 Å². The molecule has 3 rings (SSSR count). The van der Waals surface area contributed by atoms with E-state index in [0.29, 0.717) is 22.0 Å². The van der Waals surface area contributed by atoms with E-state index < -0.39 is 0 Å². The van der Waals surface area contributed by atoms with Crippen molar-refractivity contribution in [2.45, 2.75) is 0 Å². The van der Waals surface area contributed by atoms with Gasteiger partial charge in [-0.2, -0.15) is 5.10 Å². The third-order valence-corrected chi connectivity index (χ3v) is 3.06. The van der Waals surface area contributed by atoms with E-state index in [-0.39, 0.29) is 0 Å². The molecule has 0 bridgehead atoms. The predicted octanol–water partition coefficient (Wildman–Crippen LogP) is 2.01. The van der Waals surface area contributed by atoms with Crippen LogP contribution in [0.5, 0.6) is 5.88 Å². The normalized spacial score (nSPS) is 10.6. The Bertz CT molecular complexity index is 840. The second-order valence-corrected chi connectivity index (χ2v) is 4.75. The number of rotatable bonds is 3. The van der Waals surface area contributed by atoms with Gasteiger partial charge in [0.15, 0.2) is 5.82 Å². The van der Waals surface area contributed by atoms with Crippen molar-refractivity contribution in [3.05, 3.63) is 35.5 Å². The Morgan fingerprint density at radius 2 is 2.14 bits per heavy atom. The third-order valence-electron chi connectivity index (χ3n) is 2.85. The molecule has 3 aromatic heterocycles. The minimum absolute atomic E-state index is 0.466. The summed E-state index contributed by atoms with van der Waals surface area (Å²) < 4.78 is 7.29. The predicted molar refractivity (Wildman–Crippen MR) is 79.2 cm³/mol. The number of nitrogens with zero attached hydrogens (tertiary/aromatic N) is 5. The van der Waals surface area contributed by atoms with Crippen LogP contribution in [-0.4, -0.2) is 36.8 Å². The third kappa shape index (κ3) is 2.79. The molecule has 0 aliphatic rings. The summed E-state index contributed by atoms with van der Waals surface area (Å²) in [7, 11) is 3.41. The van der Waals surface area contributed by atoms with Crippen molar-refractivity contribution in [3.8, 4) is 28.7 Å². The van der Waals surface area contributed by atoms with E-state index in [1.165, 1.54) is 6.33 Å². The zero-order valence-corrected chi connectivity index (χ0v) is 12.3. The average Bonchev–Trinajstić information content (AvgIpc) is 2.93. The van der Waals surface area contributed by atoms with Crippen molar-refractivity contribution in [2.75, 3.05) is 7.11 Å². The molecule has 0 saturated carbocycles. The smallest absolute Gasteiger partial charge is 0.216 e. The molecule has 0 radical (unpaired) electrons. The van der Waals surface area contributed by atoms with Gasteiger partial charge in [-0.15, -0.1) is 0 Å². The Kier molecular flexibility index (Phi) is 3.44. The molecule has 3 heterocycles. The van der Waals surface area contributed by atoms with E-state index >= 15 is 0 Å². The first-order valence-corrected chi connectivity index (χ1v) is 6.53. The zero-order valence-electron chi connectivity index (χ0n) is 11.4. The molecule has 0 saturated heterocycles. The van der Waals surface area contributed by atoms with Crippen molar-refractivity contribution in [3.63, 3.8) is 0 Å². The molecular weight excluding hydrogens is 288 g/mol. The SMILES string of the molecule is COc1cc(-c2nc(=S)cc(-c3cnn(C)c3)[nH]2)ncn1. The van der Waals surface area contributed by atoms with Gasteiger partial charge in [0, 0.05) is 24.9 Å². The summed E-state index contributed by atoms with van der Waals surface area (Å²) in [6.07, 6.45) is 5.07. The van der Waals surface area contributed by atoms with Gasteiger partial charge in [-0.3, -0.25) is 4.68 Å². The molecule has 7 nitrogen and oxygen atoms in total. The number of aromatic nitrogens is 6. The summed E-state index contributed by atoms with van der Waals surface area (Å²) in [6, 6.07) is 3.48. The largest absolute Gasteiger partial charge is 0.481 e. The molecule has 0 aromatic carbocycles. The van der Waals surface area contributed by atoms with Crippen LogP contribution in [0, 0.1) is 4.64 Å². The molecule has 0 aliphatic carbocycles. The van der Waals surface area contributed by atoms with E-state index in [2.05, 4.69) is 25.0 Å². The minimum Gasteiger partial charge on any atom is -0.481 e. The van der Waals surface area contributed by atoms with E-state index in [1.807, 2.05) is 13.2 Å². The number of methoxy groups -OCH3 is 1. The van der Waals surface area contributed by atoms with Gasteiger partial charge in [0.05, 0.1) is 19.0 Å².